The first-order chi connectivity index (χ1) is 14.9. The molecule has 0 bridgehead atoms. The Hall–Kier alpha value is -2.57. The van der Waals surface area contributed by atoms with Crippen LogP contribution in [0.15, 0.2) is 52.6 Å². The summed E-state index contributed by atoms with van der Waals surface area (Å²) in [4.78, 5) is 15.3. The summed E-state index contributed by atoms with van der Waals surface area (Å²) in [6, 6.07) is 11.6. The van der Waals surface area contributed by atoms with Crippen molar-refractivity contribution in [3.8, 4) is 11.1 Å². The van der Waals surface area contributed by atoms with Crippen LogP contribution in [0.1, 0.15) is 24.1 Å². The van der Waals surface area contributed by atoms with E-state index < -0.39 is 31.9 Å². The number of nitrogens with one attached hydrogen (secondary N) is 2. The molecule has 0 fully saturated rings. The predicted molar refractivity (Wildman–Crippen MR) is 127 cm³/mol. The molecule has 0 saturated heterocycles. The molecular weight excluding hydrogens is 472 g/mol. The van der Waals surface area contributed by atoms with Crippen LogP contribution in [0.4, 0.5) is 0 Å². The highest BCUT2D eigenvalue weighted by Crippen LogP contribution is 2.37. The lowest BCUT2D eigenvalue weighted by atomic mass is 9.93. The van der Waals surface area contributed by atoms with Gasteiger partial charge in [0.25, 0.3) is 15.7 Å². The molecule has 1 atom stereocenters. The summed E-state index contributed by atoms with van der Waals surface area (Å²) in [6.07, 6.45) is 1.09. The largest absolute Gasteiger partial charge is 0.321 e. The van der Waals surface area contributed by atoms with Crippen molar-refractivity contribution in [2.24, 2.45) is 0 Å². The van der Waals surface area contributed by atoms with Crippen LogP contribution in [0, 0.1) is 0 Å². The molecule has 4 aromatic rings. The van der Waals surface area contributed by atoms with Gasteiger partial charge < -0.3 is 4.98 Å². The number of pyridine rings is 1. The maximum absolute atomic E-state index is 12.4. The first-order valence-corrected chi connectivity index (χ1v) is 13.9. The number of hydrogen-bond donors (Lipinski definition) is 3. The van der Waals surface area contributed by atoms with Gasteiger partial charge in [-0.25, -0.2) is 13.1 Å². The Balaban J connectivity index is 1.96. The molecular formula is C21H20N2O6S3. The van der Waals surface area contributed by atoms with Crippen LogP contribution in [0.25, 0.3) is 32.1 Å². The number of aromatic nitrogens is 1. The lowest BCUT2D eigenvalue weighted by Crippen LogP contribution is -2.25. The molecule has 11 heteroatoms. The zero-order chi connectivity index (χ0) is 23.3. The SMILES string of the molecule is C[C@@H](NS(C)(=O)=O)c1ccc(-c2c(CS(=O)(=O)O)ccc3[nH]c(=O)c4sccc4c23)cc1. The van der Waals surface area contributed by atoms with Gasteiger partial charge in [0.05, 0.1) is 6.26 Å². The van der Waals surface area contributed by atoms with Crippen molar-refractivity contribution >= 4 is 52.5 Å². The molecule has 8 nitrogen and oxygen atoms in total. The van der Waals surface area contributed by atoms with Crippen LogP contribution < -0.4 is 10.3 Å². The molecule has 32 heavy (non-hydrogen) atoms. The van der Waals surface area contributed by atoms with Crippen molar-refractivity contribution < 1.29 is 21.4 Å². The van der Waals surface area contributed by atoms with E-state index in [-0.39, 0.29) is 5.56 Å². The average Bonchev–Trinajstić information content (AvgIpc) is 3.17. The Labute approximate surface area is 188 Å². The number of hydrogen-bond acceptors (Lipinski definition) is 6. The Bertz CT molecular complexity index is 1600. The van der Waals surface area contributed by atoms with E-state index in [0.717, 1.165) is 11.8 Å². The van der Waals surface area contributed by atoms with E-state index in [1.165, 1.54) is 11.3 Å². The number of sulfonamides is 1. The third-order valence-corrected chi connectivity index (χ3v) is 7.48. The fraction of sp³-hybridized carbons (Fsp3) is 0.190. The summed E-state index contributed by atoms with van der Waals surface area (Å²) < 4.78 is 59.0. The van der Waals surface area contributed by atoms with Gasteiger partial charge in [0, 0.05) is 22.3 Å². The Morgan fingerprint density at radius 3 is 2.38 bits per heavy atom. The molecule has 2 aromatic heterocycles. The second-order valence-electron chi connectivity index (χ2n) is 7.60. The van der Waals surface area contributed by atoms with Crippen molar-refractivity contribution in [1.82, 2.24) is 9.71 Å². The number of thiophene rings is 1. The number of aromatic amines is 1. The van der Waals surface area contributed by atoms with Gasteiger partial charge in [-0.1, -0.05) is 30.3 Å². The zero-order valence-electron chi connectivity index (χ0n) is 17.1. The van der Waals surface area contributed by atoms with Crippen molar-refractivity contribution in [1.29, 1.82) is 0 Å². The normalized spacial score (nSPS) is 13.6. The summed E-state index contributed by atoms with van der Waals surface area (Å²) in [7, 11) is -7.70. The van der Waals surface area contributed by atoms with Crippen LogP contribution in [0.3, 0.4) is 0 Å². The van der Waals surface area contributed by atoms with Crippen LogP contribution >= 0.6 is 11.3 Å². The predicted octanol–water partition coefficient (Wildman–Crippen LogP) is 3.41. The summed E-state index contributed by atoms with van der Waals surface area (Å²) in [5.74, 6) is -0.586. The van der Waals surface area contributed by atoms with Crippen LogP contribution in [0.2, 0.25) is 0 Å². The lowest BCUT2D eigenvalue weighted by molar-refractivity contribution is 0.482. The third-order valence-electron chi connectivity index (χ3n) is 5.11. The molecule has 0 aliphatic carbocycles. The molecule has 4 rings (SSSR count). The van der Waals surface area contributed by atoms with Gasteiger partial charge in [0.15, 0.2) is 0 Å². The maximum Gasteiger partial charge on any atom is 0.269 e. The molecule has 168 valence electrons. The van der Waals surface area contributed by atoms with Gasteiger partial charge in [-0.3, -0.25) is 9.35 Å². The molecule has 0 amide bonds. The quantitative estimate of drug-likeness (QED) is 0.353. The minimum absolute atomic E-state index is 0.230. The summed E-state index contributed by atoms with van der Waals surface area (Å²) in [5, 5.41) is 3.16. The number of rotatable bonds is 6. The molecule has 0 aliphatic heterocycles. The molecule has 0 radical (unpaired) electrons. The molecule has 2 aromatic carbocycles. The lowest BCUT2D eigenvalue weighted by Gasteiger charge is -2.16. The number of fused-ring (bicyclic) bond motifs is 3. The third kappa shape index (κ3) is 4.62. The van der Waals surface area contributed by atoms with E-state index in [4.69, 9.17) is 0 Å². The summed E-state index contributed by atoms with van der Waals surface area (Å²) >= 11 is 1.29. The standard InChI is InChI=1S/C21H20N2O6S3/c1-12(23-31(2,25)26)13-3-5-14(6-4-13)18-15(11-32(27,28)29)7-8-17-19(18)16-9-10-30-20(16)21(24)22-17/h3-10,12,23H,11H2,1-2H3,(H,22,24)(H,27,28,29)/t12-/m1/s1. The van der Waals surface area contributed by atoms with Gasteiger partial charge in [-0.2, -0.15) is 8.42 Å². The van der Waals surface area contributed by atoms with Crippen molar-refractivity contribution in [3.63, 3.8) is 0 Å². The molecule has 0 spiro atoms. The van der Waals surface area contributed by atoms with Crippen LogP contribution in [0.5, 0.6) is 0 Å². The molecule has 0 unspecified atom stereocenters. The van der Waals surface area contributed by atoms with Crippen molar-refractivity contribution in [2.75, 3.05) is 6.26 Å². The van der Waals surface area contributed by atoms with Gasteiger partial charge in [-0.15, -0.1) is 11.3 Å². The molecule has 3 N–H and O–H groups in total. The fourth-order valence-electron chi connectivity index (χ4n) is 3.86. The minimum Gasteiger partial charge on any atom is -0.321 e. The van der Waals surface area contributed by atoms with Gasteiger partial charge >= 0.3 is 0 Å². The highest BCUT2D eigenvalue weighted by Gasteiger charge is 2.19. The average molecular weight is 493 g/mol. The smallest absolute Gasteiger partial charge is 0.269 e. The van der Waals surface area contributed by atoms with E-state index >= 15 is 0 Å². The van der Waals surface area contributed by atoms with E-state index in [1.807, 2.05) is 6.07 Å². The van der Waals surface area contributed by atoms with Gasteiger partial charge in [0.2, 0.25) is 10.0 Å². The molecule has 2 heterocycles. The van der Waals surface area contributed by atoms with Crippen LogP contribution in [-0.2, 0) is 25.9 Å². The highest BCUT2D eigenvalue weighted by atomic mass is 32.2. The summed E-state index contributed by atoms with van der Waals surface area (Å²) in [6.45, 7) is 1.72. The van der Waals surface area contributed by atoms with Crippen molar-refractivity contribution in [3.05, 3.63) is 69.3 Å². The molecule has 0 saturated carbocycles. The fourth-order valence-corrected chi connectivity index (χ4v) is 6.07. The highest BCUT2D eigenvalue weighted by molar-refractivity contribution is 7.88. The monoisotopic (exact) mass is 492 g/mol. The van der Waals surface area contributed by atoms with Crippen LogP contribution in [-0.4, -0.2) is 32.6 Å². The number of H-pyrrole nitrogens is 1. The van der Waals surface area contributed by atoms with E-state index in [9.17, 15) is 26.2 Å². The Morgan fingerprint density at radius 2 is 1.75 bits per heavy atom. The second-order valence-corrected chi connectivity index (χ2v) is 11.7. The van der Waals surface area contributed by atoms with Crippen molar-refractivity contribution in [2.45, 2.75) is 18.7 Å². The second kappa shape index (κ2) is 8.09. The zero-order valence-corrected chi connectivity index (χ0v) is 19.6. The van der Waals surface area contributed by atoms with Gasteiger partial charge in [0.1, 0.15) is 10.5 Å². The number of benzene rings is 2. The van der Waals surface area contributed by atoms with Gasteiger partial charge in [-0.05, 0) is 46.7 Å². The topological polar surface area (TPSA) is 133 Å². The molecule has 0 aliphatic rings. The first kappa shape index (κ1) is 22.6. The first-order valence-electron chi connectivity index (χ1n) is 9.51. The van der Waals surface area contributed by atoms with E-state index in [2.05, 4.69) is 9.71 Å². The Morgan fingerprint density at radius 1 is 1.06 bits per heavy atom. The maximum atomic E-state index is 12.4. The summed E-state index contributed by atoms with van der Waals surface area (Å²) in [5.41, 5.74) is 2.68. The van der Waals surface area contributed by atoms with E-state index in [0.29, 0.717) is 37.7 Å². The minimum atomic E-state index is -4.31. The van der Waals surface area contributed by atoms with E-state index in [1.54, 1.807) is 48.7 Å². The Kier molecular flexibility index (Phi) is 5.72.